The van der Waals surface area contributed by atoms with E-state index in [9.17, 15) is 9.18 Å². The second kappa shape index (κ2) is 7.09. The lowest BCUT2D eigenvalue weighted by atomic mass is 9.84. The number of nitrogens with one attached hydrogen (secondary N) is 1. The Kier molecular flexibility index (Phi) is 5.34. The number of hydrogen-bond acceptors (Lipinski definition) is 3. The highest BCUT2D eigenvalue weighted by Crippen LogP contribution is 2.29. The first-order valence-electron chi connectivity index (χ1n) is 7.42. The zero-order valence-electron chi connectivity index (χ0n) is 13.8. The number of ether oxygens (including phenoxy) is 1. The molecule has 6 heteroatoms. The van der Waals surface area contributed by atoms with Gasteiger partial charge in [0.25, 0.3) is 5.91 Å². The topological polar surface area (TPSA) is 64.3 Å². The fraction of sp³-hybridized carbons (Fsp3) is 0.278. The molecule has 3 N–H and O–H groups in total. The Morgan fingerprint density at radius 1 is 1.33 bits per heavy atom. The second-order valence-electron chi connectivity index (χ2n) is 6.15. The van der Waals surface area contributed by atoms with Crippen LogP contribution in [0.4, 0.5) is 10.1 Å². The van der Waals surface area contributed by atoms with Gasteiger partial charge in [0.05, 0.1) is 23.4 Å². The first-order chi connectivity index (χ1) is 11.2. The van der Waals surface area contributed by atoms with Crippen LogP contribution in [-0.4, -0.2) is 19.6 Å². The van der Waals surface area contributed by atoms with Gasteiger partial charge in [-0.15, -0.1) is 0 Å². The Morgan fingerprint density at radius 2 is 2.04 bits per heavy atom. The average molecular weight is 351 g/mol. The van der Waals surface area contributed by atoms with Crippen LogP contribution in [0.2, 0.25) is 5.02 Å². The summed E-state index contributed by atoms with van der Waals surface area (Å²) in [6.45, 7) is 4.17. The molecule has 0 aliphatic rings. The summed E-state index contributed by atoms with van der Waals surface area (Å²) in [5, 5.41) is 3.12. The maximum atomic E-state index is 13.4. The molecule has 2 rings (SSSR count). The number of hydrogen-bond donors (Lipinski definition) is 2. The van der Waals surface area contributed by atoms with Gasteiger partial charge >= 0.3 is 0 Å². The summed E-state index contributed by atoms with van der Waals surface area (Å²) in [4.78, 5) is 12.5. The lowest BCUT2D eigenvalue weighted by Gasteiger charge is -2.26. The predicted molar refractivity (Wildman–Crippen MR) is 94.2 cm³/mol. The van der Waals surface area contributed by atoms with E-state index in [4.69, 9.17) is 22.1 Å². The molecule has 0 bridgehead atoms. The van der Waals surface area contributed by atoms with Crippen LogP contribution >= 0.6 is 11.6 Å². The minimum atomic E-state index is -0.442. The number of rotatable bonds is 5. The van der Waals surface area contributed by atoms with Crippen LogP contribution in [0.1, 0.15) is 29.8 Å². The fourth-order valence-electron chi connectivity index (χ4n) is 2.32. The highest BCUT2D eigenvalue weighted by Gasteiger charge is 2.23. The number of nitrogens with two attached hydrogens (primary N) is 1. The predicted octanol–water partition coefficient (Wildman–Crippen LogP) is 3.78. The molecule has 4 nitrogen and oxygen atoms in total. The Hall–Kier alpha value is -2.27. The minimum absolute atomic E-state index is 0.283. The van der Waals surface area contributed by atoms with Crippen molar-refractivity contribution in [1.29, 1.82) is 0 Å². The summed E-state index contributed by atoms with van der Waals surface area (Å²) >= 11 is 5.99. The lowest BCUT2D eigenvalue weighted by Crippen LogP contribution is -2.36. The van der Waals surface area contributed by atoms with Crippen LogP contribution in [0.5, 0.6) is 5.75 Å². The summed E-state index contributed by atoms with van der Waals surface area (Å²) < 4.78 is 18.6. The van der Waals surface area contributed by atoms with E-state index in [1.54, 1.807) is 6.07 Å². The van der Waals surface area contributed by atoms with Crippen molar-refractivity contribution in [3.63, 3.8) is 0 Å². The van der Waals surface area contributed by atoms with E-state index in [-0.39, 0.29) is 16.7 Å². The summed E-state index contributed by atoms with van der Waals surface area (Å²) in [5.41, 5.74) is 6.71. The Balaban J connectivity index is 2.17. The van der Waals surface area contributed by atoms with E-state index in [0.717, 1.165) is 5.56 Å². The van der Waals surface area contributed by atoms with E-state index >= 15 is 0 Å². The van der Waals surface area contributed by atoms with Crippen LogP contribution in [0.3, 0.4) is 0 Å². The molecular weight excluding hydrogens is 331 g/mol. The Labute approximate surface area is 145 Å². The largest absolute Gasteiger partial charge is 0.496 e. The third kappa shape index (κ3) is 3.97. The monoisotopic (exact) mass is 350 g/mol. The van der Waals surface area contributed by atoms with Crippen molar-refractivity contribution in [3.05, 3.63) is 58.4 Å². The van der Waals surface area contributed by atoms with E-state index < -0.39 is 5.41 Å². The van der Waals surface area contributed by atoms with Gasteiger partial charge in [-0.1, -0.05) is 37.6 Å². The summed E-state index contributed by atoms with van der Waals surface area (Å²) in [7, 11) is 1.45. The number of anilines is 1. The first kappa shape index (κ1) is 18.1. The number of nitrogen functional groups attached to an aromatic ring is 1. The van der Waals surface area contributed by atoms with Crippen molar-refractivity contribution in [2.24, 2.45) is 0 Å². The molecule has 0 saturated carbocycles. The van der Waals surface area contributed by atoms with Crippen molar-refractivity contribution in [3.8, 4) is 5.75 Å². The van der Waals surface area contributed by atoms with Gasteiger partial charge in [0.2, 0.25) is 0 Å². The Morgan fingerprint density at radius 3 is 2.67 bits per heavy atom. The molecule has 0 heterocycles. The smallest absolute Gasteiger partial charge is 0.255 e. The van der Waals surface area contributed by atoms with Crippen molar-refractivity contribution >= 4 is 23.2 Å². The molecule has 0 aromatic heterocycles. The van der Waals surface area contributed by atoms with Crippen molar-refractivity contribution in [2.45, 2.75) is 19.3 Å². The van der Waals surface area contributed by atoms with E-state index in [2.05, 4.69) is 5.32 Å². The van der Waals surface area contributed by atoms with Gasteiger partial charge in [0.1, 0.15) is 11.6 Å². The molecular formula is C18H20ClFN2O2. The maximum Gasteiger partial charge on any atom is 0.255 e. The van der Waals surface area contributed by atoms with Crippen LogP contribution in [-0.2, 0) is 5.41 Å². The van der Waals surface area contributed by atoms with Crippen LogP contribution < -0.4 is 15.8 Å². The van der Waals surface area contributed by atoms with E-state index in [0.29, 0.717) is 23.5 Å². The molecule has 24 heavy (non-hydrogen) atoms. The molecule has 0 spiro atoms. The average Bonchev–Trinajstić information content (AvgIpc) is 2.54. The standard InChI is InChI=1S/C18H20ClFN2O2/c1-18(2,11-5-4-6-12(20)7-11)10-22-17(23)13-8-14(19)15(21)9-16(13)24-3/h4-9H,10,21H2,1-3H3,(H,22,23). The van der Waals surface area contributed by atoms with Crippen molar-refractivity contribution < 1.29 is 13.9 Å². The fourth-order valence-corrected chi connectivity index (χ4v) is 2.49. The van der Waals surface area contributed by atoms with Crippen LogP contribution in [0.25, 0.3) is 0 Å². The highest BCUT2D eigenvalue weighted by atomic mass is 35.5. The summed E-state index contributed by atoms with van der Waals surface area (Å²) in [6, 6.07) is 9.31. The van der Waals surface area contributed by atoms with Gasteiger partial charge in [0.15, 0.2) is 0 Å². The Bertz CT molecular complexity index is 763. The molecule has 0 unspecified atom stereocenters. The van der Waals surface area contributed by atoms with Crippen LogP contribution in [0, 0.1) is 5.82 Å². The number of carbonyl (C=O) groups is 1. The van der Waals surface area contributed by atoms with Gasteiger partial charge in [-0.2, -0.15) is 0 Å². The first-order valence-corrected chi connectivity index (χ1v) is 7.79. The van der Waals surface area contributed by atoms with Gasteiger partial charge in [-0.3, -0.25) is 4.79 Å². The number of benzene rings is 2. The molecule has 0 radical (unpaired) electrons. The highest BCUT2D eigenvalue weighted by molar-refractivity contribution is 6.33. The lowest BCUT2D eigenvalue weighted by molar-refractivity contribution is 0.0942. The van der Waals surface area contributed by atoms with Crippen LogP contribution in [0.15, 0.2) is 36.4 Å². The SMILES string of the molecule is COc1cc(N)c(Cl)cc1C(=O)NCC(C)(C)c1cccc(F)c1. The molecule has 2 aromatic carbocycles. The van der Waals surface area contributed by atoms with Gasteiger partial charge in [0, 0.05) is 18.0 Å². The quantitative estimate of drug-likeness (QED) is 0.806. The number of methoxy groups -OCH3 is 1. The summed E-state index contributed by atoms with van der Waals surface area (Å²) in [5.74, 6) is -0.296. The van der Waals surface area contributed by atoms with E-state index in [1.165, 1.54) is 31.4 Å². The summed E-state index contributed by atoms with van der Waals surface area (Å²) in [6.07, 6.45) is 0. The molecule has 0 aliphatic carbocycles. The third-order valence-electron chi connectivity index (χ3n) is 3.86. The molecule has 0 atom stereocenters. The number of halogens is 2. The molecule has 1 amide bonds. The molecule has 0 fully saturated rings. The molecule has 128 valence electrons. The van der Waals surface area contributed by atoms with E-state index in [1.807, 2.05) is 19.9 Å². The molecule has 0 aliphatic heterocycles. The number of carbonyl (C=O) groups excluding carboxylic acids is 1. The van der Waals surface area contributed by atoms with Gasteiger partial charge < -0.3 is 15.8 Å². The zero-order valence-corrected chi connectivity index (χ0v) is 14.6. The van der Waals surface area contributed by atoms with Gasteiger partial charge in [-0.25, -0.2) is 4.39 Å². The third-order valence-corrected chi connectivity index (χ3v) is 4.19. The van der Waals surface area contributed by atoms with Crippen molar-refractivity contribution in [1.82, 2.24) is 5.32 Å². The zero-order chi connectivity index (χ0) is 17.9. The number of amides is 1. The van der Waals surface area contributed by atoms with Crippen molar-refractivity contribution in [2.75, 3.05) is 19.4 Å². The van der Waals surface area contributed by atoms with Gasteiger partial charge in [-0.05, 0) is 23.8 Å². The minimum Gasteiger partial charge on any atom is -0.496 e. The molecule has 2 aromatic rings. The second-order valence-corrected chi connectivity index (χ2v) is 6.56. The normalized spacial score (nSPS) is 11.2. The molecule has 0 saturated heterocycles. The maximum absolute atomic E-state index is 13.4.